The number of amides is 2. The first kappa shape index (κ1) is 23.0. The summed E-state index contributed by atoms with van der Waals surface area (Å²) in [6.07, 6.45) is 5.01. The number of rotatable bonds is 7. The van der Waals surface area contributed by atoms with Crippen LogP contribution < -0.4 is 25.8 Å². The lowest BCUT2D eigenvalue weighted by Gasteiger charge is -2.12. The molecule has 1 aromatic heterocycles. The van der Waals surface area contributed by atoms with Gasteiger partial charge in [0, 0.05) is 16.5 Å². The van der Waals surface area contributed by atoms with Gasteiger partial charge in [0.1, 0.15) is 16.5 Å². The van der Waals surface area contributed by atoms with E-state index in [9.17, 15) is 9.59 Å². The zero-order valence-electron chi connectivity index (χ0n) is 17.7. The Hall–Kier alpha value is -2.65. The normalized spacial score (nSPS) is 13.0. The average Bonchev–Trinajstić information content (AvgIpc) is 2.89. The Balaban J connectivity index is 1.77. The van der Waals surface area contributed by atoms with Gasteiger partial charge in [-0.05, 0) is 69.4 Å². The van der Waals surface area contributed by atoms with Crippen molar-refractivity contribution in [2.24, 2.45) is 5.73 Å². The van der Waals surface area contributed by atoms with Crippen LogP contribution in [0.1, 0.15) is 64.3 Å². The number of primary amides is 1. The highest BCUT2D eigenvalue weighted by molar-refractivity contribution is 7.80. The van der Waals surface area contributed by atoms with E-state index in [4.69, 9.17) is 27.4 Å². The molecule has 9 heteroatoms. The number of carbonyl (C=O) groups is 2. The maximum Gasteiger partial charge on any atom is 0.257 e. The van der Waals surface area contributed by atoms with Gasteiger partial charge >= 0.3 is 0 Å². The van der Waals surface area contributed by atoms with Gasteiger partial charge in [0.05, 0.1) is 18.8 Å². The zero-order valence-corrected chi connectivity index (χ0v) is 19.3. The van der Waals surface area contributed by atoms with Gasteiger partial charge in [-0.2, -0.15) is 0 Å². The Labute approximate surface area is 191 Å². The summed E-state index contributed by atoms with van der Waals surface area (Å²) in [6, 6.07) is 5.00. The van der Waals surface area contributed by atoms with Crippen LogP contribution >= 0.6 is 23.6 Å². The first-order valence-electron chi connectivity index (χ1n) is 10.4. The second kappa shape index (κ2) is 10.6. The molecular formula is C22H27N3O4S2. The van der Waals surface area contributed by atoms with Crippen molar-refractivity contribution >= 4 is 45.5 Å². The lowest BCUT2D eigenvalue weighted by Crippen LogP contribution is -2.34. The van der Waals surface area contributed by atoms with E-state index in [1.807, 2.05) is 13.8 Å². The molecule has 0 spiro atoms. The molecule has 7 nitrogen and oxygen atoms in total. The van der Waals surface area contributed by atoms with Crippen molar-refractivity contribution in [3.63, 3.8) is 0 Å². The number of thiophene rings is 1. The molecule has 3 rings (SSSR count). The van der Waals surface area contributed by atoms with Gasteiger partial charge in [0.2, 0.25) is 0 Å². The van der Waals surface area contributed by atoms with E-state index >= 15 is 0 Å². The topological polar surface area (TPSA) is 103 Å². The maximum absolute atomic E-state index is 12.8. The predicted molar refractivity (Wildman–Crippen MR) is 127 cm³/mol. The number of thiocarbonyl (C=S) groups is 1. The third kappa shape index (κ3) is 5.74. The van der Waals surface area contributed by atoms with Crippen LogP contribution in [-0.2, 0) is 12.8 Å². The molecule has 0 aliphatic heterocycles. The van der Waals surface area contributed by atoms with Crippen molar-refractivity contribution in [3.8, 4) is 11.5 Å². The van der Waals surface area contributed by atoms with Crippen LogP contribution in [0.25, 0.3) is 0 Å². The van der Waals surface area contributed by atoms with Gasteiger partial charge < -0.3 is 20.5 Å². The number of hydrogen-bond donors (Lipinski definition) is 3. The minimum atomic E-state index is -0.484. The van der Waals surface area contributed by atoms with E-state index in [1.165, 1.54) is 11.3 Å². The molecule has 31 heavy (non-hydrogen) atoms. The van der Waals surface area contributed by atoms with Crippen molar-refractivity contribution in [2.45, 2.75) is 46.0 Å². The minimum absolute atomic E-state index is 0.101. The minimum Gasteiger partial charge on any atom is -0.494 e. The van der Waals surface area contributed by atoms with Gasteiger partial charge in [-0.15, -0.1) is 11.3 Å². The van der Waals surface area contributed by atoms with Crippen molar-refractivity contribution in [3.05, 3.63) is 39.8 Å². The number of hydrogen-bond acceptors (Lipinski definition) is 6. The van der Waals surface area contributed by atoms with E-state index in [-0.39, 0.29) is 5.11 Å². The number of fused-ring (bicyclic) bond motifs is 1. The molecule has 0 fully saturated rings. The van der Waals surface area contributed by atoms with Crippen LogP contribution in [0.3, 0.4) is 0 Å². The molecule has 166 valence electrons. The van der Waals surface area contributed by atoms with Crippen molar-refractivity contribution < 1.29 is 19.1 Å². The molecule has 0 saturated heterocycles. The molecule has 2 amide bonds. The Morgan fingerprint density at radius 1 is 1.06 bits per heavy atom. The van der Waals surface area contributed by atoms with Crippen LogP contribution in [0.5, 0.6) is 11.5 Å². The van der Waals surface area contributed by atoms with E-state index < -0.39 is 11.8 Å². The fraction of sp³-hybridized carbons (Fsp3) is 0.409. The Kier molecular flexibility index (Phi) is 7.86. The second-order valence-corrected chi connectivity index (χ2v) is 8.61. The summed E-state index contributed by atoms with van der Waals surface area (Å²) >= 11 is 6.83. The third-order valence-corrected chi connectivity index (χ3v) is 6.30. The van der Waals surface area contributed by atoms with Crippen molar-refractivity contribution in [2.75, 3.05) is 18.5 Å². The first-order valence-corrected chi connectivity index (χ1v) is 11.6. The molecule has 0 bridgehead atoms. The molecule has 4 N–H and O–H groups in total. The molecule has 1 aliphatic rings. The Bertz CT molecular complexity index is 963. The number of benzene rings is 1. The fourth-order valence-corrected chi connectivity index (χ4v) is 5.16. The highest BCUT2D eigenvalue weighted by atomic mass is 32.1. The lowest BCUT2D eigenvalue weighted by molar-refractivity contribution is 0.0974. The number of anilines is 1. The lowest BCUT2D eigenvalue weighted by atomic mass is 10.1. The summed E-state index contributed by atoms with van der Waals surface area (Å²) in [6.45, 7) is 4.67. The summed E-state index contributed by atoms with van der Waals surface area (Å²) in [4.78, 5) is 26.1. The molecule has 0 saturated carbocycles. The van der Waals surface area contributed by atoms with Crippen molar-refractivity contribution in [1.29, 1.82) is 0 Å². The summed E-state index contributed by atoms with van der Waals surface area (Å²) in [7, 11) is 0. The molecule has 0 radical (unpaired) electrons. The SMILES string of the molecule is CCOc1cc(OCC)cc(C(=O)NC(=S)Nc2sc3c(c2C(N)=O)CCCCC3)c1. The third-order valence-electron chi connectivity index (χ3n) is 4.89. The van der Waals surface area contributed by atoms with E-state index in [2.05, 4.69) is 10.6 Å². The predicted octanol–water partition coefficient (Wildman–Crippen LogP) is 4.04. The molecular weight excluding hydrogens is 434 g/mol. The van der Waals surface area contributed by atoms with Crippen LogP contribution in [0.2, 0.25) is 0 Å². The van der Waals surface area contributed by atoms with Gasteiger partial charge in [-0.3, -0.25) is 14.9 Å². The van der Waals surface area contributed by atoms with Crippen molar-refractivity contribution in [1.82, 2.24) is 5.32 Å². The summed E-state index contributed by atoms with van der Waals surface area (Å²) in [5, 5.41) is 6.36. The molecule has 0 unspecified atom stereocenters. The van der Waals surface area contributed by atoms with Crippen LogP contribution in [0, 0.1) is 0 Å². The van der Waals surface area contributed by atoms with Crippen LogP contribution in [0.15, 0.2) is 18.2 Å². The number of nitrogens with one attached hydrogen (secondary N) is 2. The van der Waals surface area contributed by atoms with Crippen LogP contribution in [-0.4, -0.2) is 30.1 Å². The summed E-state index contributed by atoms with van der Waals surface area (Å²) < 4.78 is 11.0. The highest BCUT2D eigenvalue weighted by Gasteiger charge is 2.24. The number of carbonyl (C=O) groups excluding carboxylic acids is 2. The first-order chi connectivity index (χ1) is 14.9. The molecule has 1 aromatic carbocycles. The number of nitrogens with two attached hydrogens (primary N) is 1. The van der Waals surface area contributed by atoms with Gasteiger partial charge in [0.25, 0.3) is 11.8 Å². The van der Waals surface area contributed by atoms with Crippen LogP contribution in [0.4, 0.5) is 5.00 Å². The van der Waals surface area contributed by atoms with E-state index in [1.54, 1.807) is 18.2 Å². The van der Waals surface area contributed by atoms with Gasteiger partial charge in [-0.25, -0.2) is 0 Å². The fourth-order valence-electron chi connectivity index (χ4n) is 3.60. The number of ether oxygens (including phenoxy) is 2. The monoisotopic (exact) mass is 461 g/mol. The average molecular weight is 462 g/mol. The van der Waals surface area contributed by atoms with Gasteiger partial charge in [-0.1, -0.05) is 6.42 Å². The van der Waals surface area contributed by atoms with E-state index in [0.717, 1.165) is 42.5 Å². The van der Waals surface area contributed by atoms with E-state index in [0.29, 0.717) is 40.8 Å². The molecule has 0 atom stereocenters. The molecule has 2 aromatic rings. The zero-order chi connectivity index (χ0) is 22.4. The molecule has 1 heterocycles. The Morgan fingerprint density at radius 2 is 1.71 bits per heavy atom. The largest absolute Gasteiger partial charge is 0.494 e. The summed E-state index contributed by atoms with van der Waals surface area (Å²) in [5.41, 5.74) is 7.51. The quantitative estimate of drug-likeness (QED) is 0.425. The highest BCUT2D eigenvalue weighted by Crippen LogP contribution is 2.37. The smallest absolute Gasteiger partial charge is 0.257 e. The van der Waals surface area contributed by atoms with Gasteiger partial charge in [0.15, 0.2) is 5.11 Å². The molecule has 1 aliphatic carbocycles. The maximum atomic E-state index is 12.8. The number of aryl methyl sites for hydroxylation is 1. The summed E-state index contributed by atoms with van der Waals surface area (Å²) in [5.74, 6) is 0.187. The standard InChI is InChI=1S/C22H27N3O4S2/c1-3-28-14-10-13(11-15(12-14)29-4-2)20(27)24-22(30)25-21-18(19(23)26)16-8-6-5-7-9-17(16)31-21/h10-12H,3-9H2,1-2H3,(H2,23,26)(H2,24,25,27,30). The Morgan fingerprint density at radius 3 is 2.32 bits per heavy atom. The second-order valence-electron chi connectivity index (χ2n) is 7.10.